The van der Waals surface area contributed by atoms with E-state index in [2.05, 4.69) is 15.5 Å². The van der Waals surface area contributed by atoms with Crippen molar-refractivity contribution in [3.63, 3.8) is 0 Å². The van der Waals surface area contributed by atoms with Gasteiger partial charge in [0.1, 0.15) is 0 Å². The minimum atomic E-state index is -0.358. The predicted octanol–water partition coefficient (Wildman–Crippen LogP) is 1.94. The first kappa shape index (κ1) is 14.0. The van der Waals surface area contributed by atoms with Crippen LogP contribution in [0, 0.1) is 0 Å². The number of rotatable bonds is 4. The lowest BCUT2D eigenvalue weighted by Crippen LogP contribution is -2.30. The summed E-state index contributed by atoms with van der Waals surface area (Å²) in [7, 11) is 3.94. The molecule has 106 valence electrons. The normalized spacial score (nSPS) is 10.7. The Labute approximate surface area is 117 Å². The molecule has 0 saturated carbocycles. The van der Waals surface area contributed by atoms with E-state index in [0.717, 1.165) is 11.3 Å². The number of nitrogens with zero attached hydrogens (tertiary/aromatic N) is 3. The second kappa shape index (κ2) is 5.73. The quantitative estimate of drug-likeness (QED) is 0.922. The van der Waals surface area contributed by atoms with Crippen LogP contribution >= 0.6 is 0 Å². The SMILES string of the molecule is CC(C)NC(=O)c1nc(-c2ccc(N(C)C)cc2)no1. The molecule has 20 heavy (non-hydrogen) atoms. The van der Waals surface area contributed by atoms with Crippen LogP contribution in [-0.4, -0.2) is 36.2 Å². The van der Waals surface area contributed by atoms with Crippen LogP contribution in [0.1, 0.15) is 24.5 Å². The van der Waals surface area contributed by atoms with Crippen LogP contribution < -0.4 is 10.2 Å². The fourth-order valence-corrected chi connectivity index (χ4v) is 1.67. The lowest BCUT2D eigenvalue weighted by molar-refractivity contribution is 0.0899. The molecule has 2 rings (SSSR count). The van der Waals surface area contributed by atoms with Gasteiger partial charge in [0.15, 0.2) is 0 Å². The summed E-state index contributed by atoms with van der Waals surface area (Å²) in [6, 6.07) is 7.73. The molecule has 0 bridgehead atoms. The van der Waals surface area contributed by atoms with Crippen LogP contribution in [0.2, 0.25) is 0 Å². The molecule has 1 amide bonds. The zero-order chi connectivity index (χ0) is 14.7. The van der Waals surface area contributed by atoms with Crippen molar-refractivity contribution in [3.8, 4) is 11.4 Å². The summed E-state index contributed by atoms with van der Waals surface area (Å²) in [5, 5.41) is 6.53. The summed E-state index contributed by atoms with van der Waals surface area (Å²) >= 11 is 0. The second-order valence-corrected chi connectivity index (χ2v) is 4.99. The van der Waals surface area contributed by atoms with Gasteiger partial charge in [-0.25, -0.2) is 0 Å². The molecule has 1 aromatic heterocycles. The van der Waals surface area contributed by atoms with Crippen LogP contribution in [0.3, 0.4) is 0 Å². The van der Waals surface area contributed by atoms with Crippen LogP contribution in [0.5, 0.6) is 0 Å². The molecule has 6 heteroatoms. The number of hydrogen-bond donors (Lipinski definition) is 1. The molecule has 1 N–H and O–H groups in total. The standard InChI is InChI=1S/C14H18N4O2/c1-9(2)15-13(19)14-16-12(17-20-14)10-5-7-11(8-6-10)18(3)4/h5-9H,1-4H3,(H,15,19). The molecule has 0 spiro atoms. The molecular weight excluding hydrogens is 256 g/mol. The fourth-order valence-electron chi connectivity index (χ4n) is 1.67. The number of nitrogens with one attached hydrogen (secondary N) is 1. The first-order valence-electron chi connectivity index (χ1n) is 6.39. The second-order valence-electron chi connectivity index (χ2n) is 4.99. The average Bonchev–Trinajstić information content (AvgIpc) is 2.87. The molecule has 0 fully saturated rings. The topological polar surface area (TPSA) is 71.3 Å². The Morgan fingerprint density at radius 2 is 1.90 bits per heavy atom. The Kier molecular flexibility index (Phi) is 4.02. The van der Waals surface area contributed by atoms with Gasteiger partial charge < -0.3 is 14.7 Å². The summed E-state index contributed by atoms with van der Waals surface area (Å²) in [5.41, 5.74) is 1.89. The Morgan fingerprint density at radius 3 is 2.45 bits per heavy atom. The van der Waals surface area contributed by atoms with Crippen molar-refractivity contribution in [3.05, 3.63) is 30.2 Å². The van der Waals surface area contributed by atoms with E-state index in [9.17, 15) is 4.79 Å². The number of benzene rings is 1. The van der Waals surface area contributed by atoms with Crippen LogP contribution in [0.25, 0.3) is 11.4 Å². The molecule has 1 heterocycles. The molecule has 0 atom stereocenters. The van der Waals surface area contributed by atoms with Crippen molar-refractivity contribution in [2.75, 3.05) is 19.0 Å². The van der Waals surface area contributed by atoms with Crippen molar-refractivity contribution in [1.82, 2.24) is 15.5 Å². The van der Waals surface area contributed by atoms with Gasteiger partial charge in [0.25, 0.3) is 0 Å². The maximum absolute atomic E-state index is 11.7. The van der Waals surface area contributed by atoms with Gasteiger partial charge in [0.05, 0.1) is 0 Å². The highest BCUT2D eigenvalue weighted by Crippen LogP contribution is 2.19. The first-order valence-corrected chi connectivity index (χ1v) is 6.39. The zero-order valence-electron chi connectivity index (χ0n) is 12.0. The maximum atomic E-state index is 11.7. The smallest absolute Gasteiger partial charge is 0.316 e. The molecule has 0 aliphatic rings. The summed E-state index contributed by atoms with van der Waals surface area (Å²) in [6.45, 7) is 3.74. The van der Waals surface area contributed by atoms with Crippen molar-refractivity contribution < 1.29 is 9.32 Å². The molecule has 6 nitrogen and oxygen atoms in total. The van der Waals surface area contributed by atoms with E-state index in [1.165, 1.54) is 0 Å². The molecule has 0 aliphatic heterocycles. The largest absolute Gasteiger partial charge is 0.378 e. The number of amides is 1. The van der Waals surface area contributed by atoms with E-state index >= 15 is 0 Å². The molecule has 1 aromatic carbocycles. The highest BCUT2D eigenvalue weighted by molar-refractivity contribution is 5.90. The minimum Gasteiger partial charge on any atom is -0.378 e. The van der Waals surface area contributed by atoms with E-state index in [-0.39, 0.29) is 17.8 Å². The maximum Gasteiger partial charge on any atom is 0.316 e. The monoisotopic (exact) mass is 274 g/mol. The summed E-state index contributed by atoms with van der Waals surface area (Å²) in [4.78, 5) is 17.8. The zero-order valence-corrected chi connectivity index (χ0v) is 12.0. The van der Waals surface area contributed by atoms with E-state index in [0.29, 0.717) is 5.82 Å². The van der Waals surface area contributed by atoms with E-state index in [4.69, 9.17) is 4.52 Å². The third-order valence-corrected chi connectivity index (χ3v) is 2.68. The Hall–Kier alpha value is -2.37. The first-order chi connectivity index (χ1) is 9.47. The number of hydrogen-bond acceptors (Lipinski definition) is 5. The van der Waals surface area contributed by atoms with Gasteiger partial charge in [0.2, 0.25) is 5.82 Å². The van der Waals surface area contributed by atoms with Gasteiger partial charge in [-0.15, -0.1) is 0 Å². The van der Waals surface area contributed by atoms with Gasteiger partial charge in [0, 0.05) is 31.4 Å². The molecule has 0 aliphatic carbocycles. The van der Waals surface area contributed by atoms with E-state index in [1.54, 1.807) is 0 Å². The van der Waals surface area contributed by atoms with Gasteiger partial charge in [-0.1, -0.05) is 5.16 Å². The molecular formula is C14H18N4O2. The Balaban J connectivity index is 2.18. The van der Waals surface area contributed by atoms with Crippen molar-refractivity contribution in [2.45, 2.75) is 19.9 Å². The van der Waals surface area contributed by atoms with Crippen molar-refractivity contribution in [2.24, 2.45) is 0 Å². The van der Waals surface area contributed by atoms with Crippen LogP contribution in [-0.2, 0) is 0 Å². The number of carbonyl (C=O) groups is 1. The van der Waals surface area contributed by atoms with Gasteiger partial charge in [-0.05, 0) is 38.1 Å². The van der Waals surface area contributed by atoms with Gasteiger partial charge in [-0.3, -0.25) is 4.79 Å². The molecule has 0 saturated heterocycles. The minimum absolute atomic E-state index is 0.0228. The third-order valence-electron chi connectivity index (χ3n) is 2.68. The Bertz CT molecular complexity index is 587. The summed E-state index contributed by atoms with van der Waals surface area (Å²) in [5.74, 6) is 0.0262. The number of aromatic nitrogens is 2. The fraction of sp³-hybridized carbons (Fsp3) is 0.357. The van der Waals surface area contributed by atoms with Gasteiger partial charge in [-0.2, -0.15) is 4.98 Å². The molecule has 0 radical (unpaired) electrons. The van der Waals surface area contributed by atoms with E-state index < -0.39 is 0 Å². The average molecular weight is 274 g/mol. The number of anilines is 1. The number of carbonyl (C=O) groups excluding carboxylic acids is 1. The Morgan fingerprint density at radius 1 is 1.25 bits per heavy atom. The van der Waals surface area contributed by atoms with Crippen molar-refractivity contribution in [1.29, 1.82) is 0 Å². The lowest BCUT2D eigenvalue weighted by Gasteiger charge is -2.11. The van der Waals surface area contributed by atoms with E-state index in [1.807, 2.05) is 57.1 Å². The van der Waals surface area contributed by atoms with Gasteiger partial charge >= 0.3 is 11.8 Å². The van der Waals surface area contributed by atoms with Crippen LogP contribution in [0.4, 0.5) is 5.69 Å². The summed E-state index contributed by atoms with van der Waals surface area (Å²) in [6.07, 6.45) is 0. The van der Waals surface area contributed by atoms with Crippen LogP contribution in [0.15, 0.2) is 28.8 Å². The summed E-state index contributed by atoms with van der Waals surface area (Å²) < 4.78 is 4.98. The predicted molar refractivity (Wildman–Crippen MR) is 76.7 cm³/mol. The highest BCUT2D eigenvalue weighted by atomic mass is 16.5. The molecule has 0 unspecified atom stereocenters. The van der Waals surface area contributed by atoms with Crippen molar-refractivity contribution >= 4 is 11.6 Å². The lowest BCUT2D eigenvalue weighted by atomic mass is 10.2. The third kappa shape index (κ3) is 3.14. The highest BCUT2D eigenvalue weighted by Gasteiger charge is 2.16. The molecule has 2 aromatic rings.